The van der Waals surface area contributed by atoms with Gasteiger partial charge in [-0.05, 0) is 42.8 Å². The third kappa shape index (κ3) is 5.54. The largest absolute Gasteiger partial charge is 0.496 e. The average molecular weight is 410 g/mol. The Morgan fingerprint density at radius 1 is 1.24 bits per heavy atom. The molecule has 134 valence electrons. The highest BCUT2D eigenvalue weighted by atomic mass is 79.9. The van der Waals surface area contributed by atoms with Gasteiger partial charge in [0.1, 0.15) is 11.6 Å². The van der Waals surface area contributed by atoms with Gasteiger partial charge in [0.2, 0.25) is 0 Å². The number of hydrogen-bond donors (Lipinski definition) is 1. The summed E-state index contributed by atoms with van der Waals surface area (Å²) in [6.07, 6.45) is 2.03. The summed E-state index contributed by atoms with van der Waals surface area (Å²) in [7, 11) is 1.57. The van der Waals surface area contributed by atoms with Crippen molar-refractivity contribution in [3.8, 4) is 5.75 Å². The van der Waals surface area contributed by atoms with E-state index in [1.165, 1.54) is 12.1 Å². The van der Waals surface area contributed by atoms with Crippen molar-refractivity contribution in [2.24, 2.45) is 0 Å². The smallest absolute Gasteiger partial charge is 0.255 e. The van der Waals surface area contributed by atoms with E-state index in [1.54, 1.807) is 31.4 Å². The van der Waals surface area contributed by atoms with Crippen LogP contribution in [0.2, 0.25) is 0 Å². The zero-order valence-electron chi connectivity index (χ0n) is 14.3. The molecule has 1 amide bonds. The number of anilines is 1. The molecule has 0 spiro atoms. The highest BCUT2D eigenvalue weighted by Gasteiger charge is 2.13. The van der Waals surface area contributed by atoms with Crippen molar-refractivity contribution in [1.29, 1.82) is 0 Å². The Balaban J connectivity index is 2.13. The molecular weight excluding hydrogens is 389 g/mol. The standard InChI is InChI=1S/C19H21BrFNO3/c1-3-4-9-25-12-14-10-13(5-8-18(14)24-2)19(23)22-17-7-6-15(20)11-16(17)21/h5-8,10-11H,3-4,9,12H2,1-2H3,(H,22,23). The molecule has 0 aliphatic carbocycles. The number of methoxy groups -OCH3 is 1. The lowest BCUT2D eigenvalue weighted by molar-refractivity contribution is 0.102. The minimum absolute atomic E-state index is 0.129. The second-order valence-electron chi connectivity index (χ2n) is 5.51. The van der Waals surface area contributed by atoms with Crippen LogP contribution >= 0.6 is 15.9 Å². The zero-order chi connectivity index (χ0) is 18.2. The van der Waals surface area contributed by atoms with Crippen molar-refractivity contribution in [1.82, 2.24) is 0 Å². The van der Waals surface area contributed by atoms with Gasteiger partial charge in [0.15, 0.2) is 0 Å². The van der Waals surface area contributed by atoms with E-state index in [2.05, 4.69) is 28.2 Å². The number of unbranched alkanes of at least 4 members (excludes halogenated alkanes) is 1. The van der Waals surface area contributed by atoms with Crippen LogP contribution in [0, 0.1) is 5.82 Å². The fraction of sp³-hybridized carbons (Fsp3) is 0.316. The van der Waals surface area contributed by atoms with Crippen molar-refractivity contribution in [2.45, 2.75) is 26.4 Å². The van der Waals surface area contributed by atoms with Crippen LogP contribution in [0.4, 0.5) is 10.1 Å². The summed E-state index contributed by atoms with van der Waals surface area (Å²) >= 11 is 3.19. The van der Waals surface area contributed by atoms with Gasteiger partial charge < -0.3 is 14.8 Å². The van der Waals surface area contributed by atoms with Crippen LogP contribution in [0.3, 0.4) is 0 Å². The normalized spacial score (nSPS) is 10.6. The molecule has 0 aromatic heterocycles. The number of ether oxygens (including phenoxy) is 2. The molecule has 2 aromatic rings. The van der Waals surface area contributed by atoms with E-state index in [0.717, 1.165) is 18.4 Å². The van der Waals surface area contributed by atoms with Gasteiger partial charge in [-0.3, -0.25) is 4.79 Å². The summed E-state index contributed by atoms with van der Waals surface area (Å²) in [5.74, 6) is -0.235. The van der Waals surface area contributed by atoms with E-state index >= 15 is 0 Å². The summed E-state index contributed by atoms with van der Waals surface area (Å²) in [4.78, 5) is 12.4. The van der Waals surface area contributed by atoms with Crippen LogP contribution in [-0.4, -0.2) is 19.6 Å². The first-order chi connectivity index (χ1) is 12.0. The van der Waals surface area contributed by atoms with Gasteiger partial charge in [-0.25, -0.2) is 4.39 Å². The molecule has 0 atom stereocenters. The van der Waals surface area contributed by atoms with Crippen molar-refractivity contribution in [2.75, 3.05) is 19.0 Å². The molecule has 0 saturated heterocycles. The second-order valence-corrected chi connectivity index (χ2v) is 6.43. The number of nitrogens with one attached hydrogen (secondary N) is 1. The molecular formula is C19H21BrFNO3. The van der Waals surface area contributed by atoms with Crippen LogP contribution in [-0.2, 0) is 11.3 Å². The number of hydrogen-bond acceptors (Lipinski definition) is 3. The molecule has 0 fully saturated rings. The maximum absolute atomic E-state index is 13.9. The van der Waals surface area contributed by atoms with Gasteiger partial charge in [-0.15, -0.1) is 0 Å². The van der Waals surface area contributed by atoms with Gasteiger partial charge in [0.25, 0.3) is 5.91 Å². The Hall–Kier alpha value is -1.92. The Morgan fingerprint density at radius 3 is 2.72 bits per heavy atom. The third-order valence-corrected chi connectivity index (χ3v) is 4.11. The lowest BCUT2D eigenvalue weighted by Crippen LogP contribution is -2.13. The fourth-order valence-corrected chi connectivity index (χ4v) is 2.58. The van der Waals surface area contributed by atoms with Gasteiger partial charge in [-0.2, -0.15) is 0 Å². The van der Waals surface area contributed by atoms with Crippen molar-refractivity contribution < 1.29 is 18.7 Å². The number of benzene rings is 2. The molecule has 6 heteroatoms. The quantitative estimate of drug-likeness (QED) is 0.612. The molecule has 4 nitrogen and oxygen atoms in total. The number of rotatable bonds is 8. The van der Waals surface area contributed by atoms with Crippen molar-refractivity contribution in [3.05, 3.63) is 57.8 Å². The first kappa shape index (κ1) is 19.4. The molecule has 0 bridgehead atoms. The second kappa shape index (κ2) is 9.53. The molecule has 25 heavy (non-hydrogen) atoms. The van der Waals surface area contributed by atoms with Crippen LogP contribution in [0.15, 0.2) is 40.9 Å². The molecule has 0 aliphatic rings. The highest BCUT2D eigenvalue weighted by Crippen LogP contribution is 2.23. The predicted octanol–water partition coefficient (Wildman–Crippen LogP) is 5.17. The van der Waals surface area contributed by atoms with Crippen LogP contribution < -0.4 is 10.1 Å². The van der Waals surface area contributed by atoms with E-state index in [9.17, 15) is 9.18 Å². The van der Waals surface area contributed by atoms with Crippen molar-refractivity contribution in [3.63, 3.8) is 0 Å². The maximum atomic E-state index is 13.9. The van der Waals surface area contributed by atoms with Crippen LogP contribution in [0.1, 0.15) is 35.7 Å². The Labute approximate surface area is 155 Å². The summed E-state index contributed by atoms with van der Waals surface area (Å²) in [5, 5.41) is 2.58. The lowest BCUT2D eigenvalue weighted by Gasteiger charge is -2.12. The van der Waals surface area contributed by atoms with E-state index in [-0.39, 0.29) is 5.69 Å². The Bertz CT molecular complexity index is 737. The average Bonchev–Trinajstić information content (AvgIpc) is 2.61. The minimum atomic E-state index is -0.501. The minimum Gasteiger partial charge on any atom is -0.496 e. The molecule has 2 rings (SSSR count). The van der Waals surface area contributed by atoms with Gasteiger partial charge in [-0.1, -0.05) is 29.3 Å². The highest BCUT2D eigenvalue weighted by molar-refractivity contribution is 9.10. The van der Waals surface area contributed by atoms with Crippen LogP contribution in [0.5, 0.6) is 5.75 Å². The molecule has 0 aliphatic heterocycles. The molecule has 2 aromatic carbocycles. The van der Waals surface area contributed by atoms with Gasteiger partial charge in [0, 0.05) is 22.2 Å². The third-order valence-electron chi connectivity index (χ3n) is 3.62. The number of halogens is 2. The van der Waals surface area contributed by atoms with Crippen molar-refractivity contribution >= 4 is 27.5 Å². The Kier molecular flexibility index (Phi) is 7.40. The molecule has 1 N–H and O–H groups in total. The number of carbonyl (C=O) groups excluding carboxylic acids is 1. The fourth-order valence-electron chi connectivity index (χ4n) is 2.25. The topological polar surface area (TPSA) is 47.6 Å². The van der Waals surface area contributed by atoms with Gasteiger partial charge >= 0.3 is 0 Å². The lowest BCUT2D eigenvalue weighted by atomic mass is 10.1. The molecule has 0 heterocycles. The predicted molar refractivity (Wildman–Crippen MR) is 99.6 cm³/mol. The number of carbonyl (C=O) groups is 1. The molecule has 0 radical (unpaired) electrons. The summed E-state index contributed by atoms with van der Waals surface area (Å²) in [6, 6.07) is 9.54. The number of amides is 1. The summed E-state index contributed by atoms with van der Waals surface area (Å²) < 4.78 is 25.4. The van der Waals surface area contributed by atoms with Crippen LogP contribution in [0.25, 0.3) is 0 Å². The summed E-state index contributed by atoms with van der Waals surface area (Å²) in [5.41, 5.74) is 1.32. The maximum Gasteiger partial charge on any atom is 0.255 e. The molecule has 0 saturated carbocycles. The van der Waals surface area contributed by atoms with E-state index < -0.39 is 11.7 Å². The molecule has 0 unspecified atom stereocenters. The first-order valence-corrected chi connectivity index (χ1v) is 8.85. The summed E-state index contributed by atoms with van der Waals surface area (Å²) in [6.45, 7) is 3.10. The van der Waals surface area contributed by atoms with E-state index in [4.69, 9.17) is 9.47 Å². The van der Waals surface area contributed by atoms with Gasteiger partial charge in [0.05, 0.1) is 19.4 Å². The monoisotopic (exact) mass is 409 g/mol. The zero-order valence-corrected chi connectivity index (χ0v) is 15.9. The SMILES string of the molecule is CCCCOCc1cc(C(=O)Nc2ccc(Br)cc2F)ccc1OC. The first-order valence-electron chi connectivity index (χ1n) is 8.06. The van der Waals surface area contributed by atoms with E-state index in [1.807, 2.05) is 0 Å². The van der Waals surface area contributed by atoms with E-state index in [0.29, 0.717) is 29.0 Å². The Morgan fingerprint density at radius 2 is 2.04 bits per heavy atom.